The number of nitrogens with one attached hydrogen (secondary N) is 2. The molecule has 3 atom stereocenters. The lowest BCUT2D eigenvalue weighted by molar-refractivity contribution is -0.131. The summed E-state index contributed by atoms with van der Waals surface area (Å²) in [5.74, 6) is -2.64. The van der Waals surface area contributed by atoms with Gasteiger partial charge in [-0.3, -0.25) is 9.59 Å². The second-order valence-corrected chi connectivity index (χ2v) is 9.29. The number of anilines is 1. The molecule has 0 bridgehead atoms. The number of benzene rings is 3. The van der Waals surface area contributed by atoms with Crippen LogP contribution >= 0.6 is 23.2 Å². The van der Waals surface area contributed by atoms with E-state index in [1.165, 1.54) is 24.3 Å². The maximum Gasteiger partial charge on any atom is 0.238 e. The van der Waals surface area contributed by atoms with Crippen LogP contribution in [0.25, 0.3) is 0 Å². The molecule has 1 saturated heterocycles. The lowest BCUT2D eigenvalue weighted by Gasteiger charge is -2.46. The number of halogens is 4. The third-order valence-electron chi connectivity index (χ3n) is 6.63. The van der Waals surface area contributed by atoms with Crippen LogP contribution in [0.4, 0.5) is 14.5 Å². The van der Waals surface area contributed by atoms with Crippen molar-refractivity contribution in [2.24, 2.45) is 0 Å². The minimum atomic E-state index is -1.46. The van der Waals surface area contributed by atoms with E-state index >= 15 is 0 Å². The summed E-state index contributed by atoms with van der Waals surface area (Å²) in [4.78, 5) is 26.8. The van der Waals surface area contributed by atoms with Crippen molar-refractivity contribution >= 4 is 40.7 Å². The highest BCUT2D eigenvalue weighted by Gasteiger charge is 2.61. The summed E-state index contributed by atoms with van der Waals surface area (Å²) in [6.07, 6.45) is -0.0394. The summed E-state index contributed by atoms with van der Waals surface area (Å²) in [6.45, 7) is 1.77. The maximum absolute atomic E-state index is 14.7. The van der Waals surface area contributed by atoms with Gasteiger partial charge in [0.2, 0.25) is 11.8 Å². The molecule has 0 unspecified atom stereocenters. The average Bonchev–Trinajstić information content (AvgIpc) is 3.03. The number of aryl methyl sites for hydroxylation is 1. The number of carbonyl (C=O) groups is 2. The fraction of sp³-hybridized carbons (Fsp3) is 0.200. The Morgan fingerprint density at radius 2 is 1.82 bits per heavy atom. The van der Waals surface area contributed by atoms with Crippen LogP contribution in [0.5, 0.6) is 0 Å². The number of hydrogen-bond donors (Lipinski definition) is 2. The van der Waals surface area contributed by atoms with E-state index in [2.05, 4.69) is 10.6 Å². The van der Waals surface area contributed by atoms with Gasteiger partial charge in [-0.1, -0.05) is 41.4 Å². The van der Waals surface area contributed by atoms with E-state index in [1.807, 2.05) is 0 Å². The smallest absolute Gasteiger partial charge is 0.238 e. The van der Waals surface area contributed by atoms with Gasteiger partial charge in [-0.05, 0) is 65.6 Å². The zero-order valence-electron chi connectivity index (χ0n) is 17.4. The highest BCUT2D eigenvalue weighted by atomic mass is 35.5. The first-order chi connectivity index (χ1) is 15.7. The van der Waals surface area contributed by atoms with Crippen LogP contribution in [0.2, 0.25) is 10.0 Å². The molecular weight excluding hydrogens is 469 g/mol. The van der Waals surface area contributed by atoms with Crippen molar-refractivity contribution in [2.75, 3.05) is 5.32 Å². The van der Waals surface area contributed by atoms with Crippen LogP contribution in [0.15, 0.2) is 54.6 Å². The van der Waals surface area contributed by atoms with Crippen molar-refractivity contribution in [2.45, 2.75) is 30.7 Å². The second-order valence-electron chi connectivity index (χ2n) is 8.45. The Bertz CT molecular complexity index is 1330. The van der Waals surface area contributed by atoms with Crippen molar-refractivity contribution in [3.8, 4) is 0 Å². The van der Waals surface area contributed by atoms with E-state index in [0.717, 1.165) is 0 Å². The SMILES string of the molecule is Cc1ccc(F)cc1[C@H]1NC(=O)C[C@@H](c2cccc(Cl)c2)[C@]12C(=O)Nc1cc(Cl)c(F)cc12. The summed E-state index contributed by atoms with van der Waals surface area (Å²) in [7, 11) is 0. The van der Waals surface area contributed by atoms with Crippen LogP contribution in [-0.2, 0) is 15.0 Å². The molecule has 0 radical (unpaired) electrons. The van der Waals surface area contributed by atoms with E-state index in [4.69, 9.17) is 23.2 Å². The molecule has 4 nitrogen and oxygen atoms in total. The third kappa shape index (κ3) is 3.31. The van der Waals surface area contributed by atoms with Crippen LogP contribution in [-0.4, -0.2) is 11.8 Å². The van der Waals surface area contributed by atoms with Crippen LogP contribution in [0.1, 0.15) is 40.6 Å². The predicted molar refractivity (Wildman–Crippen MR) is 123 cm³/mol. The Kier molecular flexibility index (Phi) is 5.18. The molecule has 1 spiro atoms. The standard InChI is InChI=1S/C25H18Cl2F2N2O2/c1-12-5-6-15(28)8-16(12)23-25(18-9-20(29)19(27)11-21(18)30-24(25)33)17(10-22(32)31-23)13-3-2-4-14(26)7-13/h2-9,11,17,23H,10H2,1H3,(H,30,33)(H,31,32)/t17-,23+,25+/m0/s1. The fourth-order valence-electron chi connectivity index (χ4n) is 5.20. The molecule has 0 saturated carbocycles. The van der Waals surface area contributed by atoms with Gasteiger partial charge in [0.25, 0.3) is 0 Å². The Morgan fingerprint density at radius 3 is 2.58 bits per heavy atom. The molecular formula is C25H18Cl2F2N2O2. The van der Waals surface area contributed by atoms with Crippen molar-refractivity contribution in [3.63, 3.8) is 0 Å². The summed E-state index contributed by atoms with van der Waals surface area (Å²) in [6, 6.07) is 12.7. The van der Waals surface area contributed by atoms with Crippen molar-refractivity contribution < 1.29 is 18.4 Å². The molecule has 5 rings (SSSR count). The lowest BCUT2D eigenvalue weighted by atomic mass is 9.59. The molecule has 168 valence electrons. The minimum absolute atomic E-state index is 0.0394. The molecule has 0 aliphatic carbocycles. The van der Waals surface area contributed by atoms with Gasteiger partial charge in [0.1, 0.15) is 17.0 Å². The molecule has 2 aliphatic rings. The Hall–Kier alpha value is -2.96. The molecule has 33 heavy (non-hydrogen) atoms. The van der Waals surface area contributed by atoms with E-state index in [1.54, 1.807) is 37.3 Å². The van der Waals surface area contributed by atoms with Crippen molar-refractivity contribution in [3.05, 3.63) is 98.5 Å². The molecule has 0 aromatic heterocycles. The molecule has 8 heteroatoms. The normalized spacial score (nSPS) is 23.9. The van der Waals surface area contributed by atoms with Crippen molar-refractivity contribution in [1.29, 1.82) is 0 Å². The number of fused-ring (bicyclic) bond motifs is 2. The van der Waals surface area contributed by atoms with Crippen LogP contribution in [0.3, 0.4) is 0 Å². The van der Waals surface area contributed by atoms with E-state index in [0.29, 0.717) is 33.0 Å². The molecule has 2 amide bonds. The summed E-state index contributed by atoms with van der Waals surface area (Å²) in [5, 5.41) is 6.02. The number of amides is 2. The fourth-order valence-corrected chi connectivity index (χ4v) is 5.57. The number of piperidine rings is 1. The first kappa shape index (κ1) is 21.9. The van der Waals surface area contributed by atoms with E-state index in [-0.39, 0.29) is 17.4 Å². The average molecular weight is 487 g/mol. The van der Waals surface area contributed by atoms with Gasteiger partial charge in [0, 0.05) is 23.0 Å². The molecule has 1 fully saturated rings. The Morgan fingerprint density at radius 1 is 1.03 bits per heavy atom. The monoisotopic (exact) mass is 486 g/mol. The first-order valence-electron chi connectivity index (χ1n) is 10.3. The number of carbonyl (C=O) groups excluding carboxylic acids is 2. The van der Waals surface area contributed by atoms with Crippen molar-refractivity contribution in [1.82, 2.24) is 5.32 Å². The molecule has 2 aliphatic heterocycles. The van der Waals surface area contributed by atoms with E-state index in [9.17, 15) is 18.4 Å². The van der Waals surface area contributed by atoms with Gasteiger partial charge in [-0.2, -0.15) is 0 Å². The molecule has 2 heterocycles. The Balaban J connectivity index is 1.85. The highest BCUT2D eigenvalue weighted by Crippen LogP contribution is 2.58. The highest BCUT2D eigenvalue weighted by molar-refractivity contribution is 6.31. The van der Waals surface area contributed by atoms with E-state index < -0.39 is 34.9 Å². The summed E-state index contributed by atoms with van der Waals surface area (Å²) < 4.78 is 29.1. The summed E-state index contributed by atoms with van der Waals surface area (Å²) >= 11 is 12.3. The van der Waals surface area contributed by atoms with Gasteiger partial charge < -0.3 is 10.6 Å². The van der Waals surface area contributed by atoms with Gasteiger partial charge >= 0.3 is 0 Å². The van der Waals surface area contributed by atoms with Gasteiger partial charge in [0.15, 0.2) is 0 Å². The number of hydrogen-bond acceptors (Lipinski definition) is 2. The maximum atomic E-state index is 14.7. The van der Waals surface area contributed by atoms with Gasteiger partial charge in [-0.25, -0.2) is 8.78 Å². The largest absolute Gasteiger partial charge is 0.348 e. The zero-order chi connectivity index (χ0) is 23.5. The predicted octanol–water partition coefficient (Wildman–Crippen LogP) is 5.81. The van der Waals surface area contributed by atoms with Crippen LogP contribution < -0.4 is 10.6 Å². The van der Waals surface area contributed by atoms with Crippen LogP contribution in [0, 0.1) is 18.6 Å². The first-order valence-corrected chi connectivity index (χ1v) is 11.1. The number of rotatable bonds is 2. The lowest BCUT2D eigenvalue weighted by Crippen LogP contribution is -2.57. The molecule has 3 aromatic rings. The zero-order valence-corrected chi connectivity index (χ0v) is 18.9. The molecule has 3 aromatic carbocycles. The third-order valence-corrected chi connectivity index (χ3v) is 7.16. The quantitative estimate of drug-likeness (QED) is 0.479. The van der Waals surface area contributed by atoms with Gasteiger partial charge in [0.05, 0.1) is 11.1 Å². The topological polar surface area (TPSA) is 58.2 Å². The Labute approximate surface area is 198 Å². The second kappa shape index (κ2) is 7.82. The minimum Gasteiger partial charge on any atom is -0.348 e. The van der Waals surface area contributed by atoms with Gasteiger partial charge in [-0.15, -0.1) is 0 Å². The molecule has 2 N–H and O–H groups in total. The summed E-state index contributed by atoms with van der Waals surface area (Å²) in [5.41, 5.74) is 1.02.